The van der Waals surface area contributed by atoms with E-state index < -0.39 is 0 Å². The number of aromatic amines is 1. The van der Waals surface area contributed by atoms with Crippen LogP contribution in [0.1, 0.15) is 43.5 Å². The number of hydrogen-bond donors (Lipinski definition) is 3. The van der Waals surface area contributed by atoms with Crippen LogP contribution >= 0.6 is 23.2 Å². The van der Waals surface area contributed by atoms with Gasteiger partial charge >= 0.3 is 0 Å². The van der Waals surface area contributed by atoms with Gasteiger partial charge in [0.2, 0.25) is 5.95 Å². The first kappa shape index (κ1) is 19.5. The molecule has 1 unspecified atom stereocenters. The molecule has 1 atom stereocenters. The Morgan fingerprint density at radius 2 is 2.04 bits per heavy atom. The molecule has 6 nitrogen and oxygen atoms in total. The van der Waals surface area contributed by atoms with E-state index in [1.807, 2.05) is 6.92 Å². The van der Waals surface area contributed by atoms with Crippen LogP contribution in [-0.4, -0.2) is 26.9 Å². The van der Waals surface area contributed by atoms with Crippen LogP contribution in [0, 0.1) is 0 Å². The summed E-state index contributed by atoms with van der Waals surface area (Å²) in [6, 6.07) is 7.09. The molecule has 27 heavy (non-hydrogen) atoms. The molecular weight excluding hydrogens is 385 g/mol. The van der Waals surface area contributed by atoms with Gasteiger partial charge in [-0.2, -0.15) is 4.98 Å². The third-order valence-electron chi connectivity index (χ3n) is 4.17. The van der Waals surface area contributed by atoms with Gasteiger partial charge in [0.15, 0.2) is 5.65 Å². The van der Waals surface area contributed by atoms with E-state index in [0.29, 0.717) is 38.4 Å². The zero-order valence-corrected chi connectivity index (χ0v) is 16.7. The zero-order chi connectivity index (χ0) is 19.4. The first-order chi connectivity index (χ1) is 13.0. The predicted molar refractivity (Wildman–Crippen MR) is 110 cm³/mol. The maximum atomic E-state index is 12.4. The monoisotopic (exact) mass is 405 g/mol. The van der Waals surface area contributed by atoms with Crippen LogP contribution in [0.15, 0.2) is 30.5 Å². The van der Waals surface area contributed by atoms with E-state index >= 15 is 0 Å². The highest BCUT2D eigenvalue weighted by Crippen LogP contribution is 2.32. The molecule has 0 aliphatic carbocycles. The van der Waals surface area contributed by atoms with Crippen molar-refractivity contribution >= 4 is 51.9 Å². The first-order valence-corrected chi connectivity index (χ1v) is 9.61. The van der Waals surface area contributed by atoms with Crippen molar-refractivity contribution in [2.24, 2.45) is 0 Å². The second-order valence-corrected chi connectivity index (χ2v) is 7.23. The minimum absolute atomic E-state index is 0.120. The van der Waals surface area contributed by atoms with Crippen LogP contribution in [0.5, 0.6) is 0 Å². The molecular formula is C19H21Cl2N5O. The van der Waals surface area contributed by atoms with Gasteiger partial charge in [0.1, 0.15) is 0 Å². The Morgan fingerprint density at radius 3 is 2.74 bits per heavy atom. The van der Waals surface area contributed by atoms with Crippen LogP contribution < -0.4 is 10.6 Å². The van der Waals surface area contributed by atoms with Crippen molar-refractivity contribution in [2.45, 2.75) is 39.2 Å². The van der Waals surface area contributed by atoms with Gasteiger partial charge in [-0.3, -0.25) is 4.79 Å². The number of halogens is 2. The number of para-hydroxylation sites is 1. The quantitative estimate of drug-likeness (QED) is 0.496. The number of fused-ring (bicyclic) bond motifs is 1. The van der Waals surface area contributed by atoms with Gasteiger partial charge in [-0.25, -0.2) is 4.98 Å². The van der Waals surface area contributed by atoms with Crippen LogP contribution in [0.2, 0.25) is 10.0 Å². The lowest BCUT2D eigenvalue weighted by Gasteiger charge is -2.13. The summed E-state index contributed by atoms with van der Waals surface area (Å²) in [7, 11) is 0. The van der Waals surface area contributed by atoms with Crippen LogP contribution in [0.3, 0.4) is 0 Å². The average Bonchev–Trinajstić information content (AvgIpc) is 3.04. The van der Waals surface area contributed by atoms with Gasteiger partial charge in [0.25, 0.3) is 5.91 Å². The summed E-state index contributed by atoms with van der Waals surface area (Å²) in [5.74, 6) is 0.299. The number of pyridine rings is 1. The third kappa shape index (κ3) is 4.70. The van der Waals surface area contributed by atoms with Crippen molar-refractivity contribution in [3.05, 3.63) is 46.1 Å². The van der Waals surface area contributed by atoms with Gasteiger partial charge in [0.05, 0.1) is 26.8 Å². The summed E-state index contributed by atoms with van der Waals surface area (Å²) in [6.45, 7) is 4.14. The highest BCUT2D eigenvalue weighted by atomic mass is 35.5. The number of nitrogens with one attached hydrogen (secondary N) is 3. The molecule has 0 bridgehead atoms. The fourth-order valence-electron chi connectivity index (χ4n) is 2.71. The van der Waals surface area contributed by atoms with Crippen molar-refractivity contribution in [1.82, 2.24) is 20.3 Å². The lowest BCUT2D eigenvalue weighted by atomic mass is 10.1. The Morgan fingerprint density at radius 1 is 1.30 bits per heavy atom. The summed E-state index contributed by atoms with van der Waals surface area (Å²) in [5, 5.41) is 7.02. The van der Waals surface area contributed by atoms with E-state index in [2.05, 4.69) is 32.5 Å². The number of aromatic nitrogens is 3. The maximum absolute atomic E-state index is 12.4. The molecule has 0 spiro atoms. The lowest BCUT2D eigenvalue weighted by Crippen LogP contribution is -2.32. The largest absolute Gasteiger partial charge is 0.350 e. The normalized spacial score (nSPS) is 12.1. The molecule has 142 valence electrons. The number of H-pyrrole nitrogens is 1. The summed E-state index contributed by atoms with van der Waals surface area (Å²) in [4.78, 5) is 24.1. The Hall–Kier alpha value is -2.31. The number of unbranched alkanes of at least 4 members (excludes halogenated alkanes) is 1. The number of amides is 1. The lowest BCUT2D eigenvalue weighted by molar-refractivity contribution is 0.0938. The molecule has 3 N–H and O–H groups in total. The molecule has 0 fully saturated rings. The van der Waals surface area contributed by atoms with Gasteiger partial charge in [-0.05, 0) is 31.5 Å². The first-order valence-electron chi connectivity index (χ1n) is 8.85. The van der Waals surface area contributed by atoms with Crippen molar-refractivity contribution in [3.63, 3.8) is 0 Å². The summed E-state index contributed by atoms with van der Waals surface area (Å²) >= 11 is 12.3. The number of imidazole rings is 1. The topological polar surface area (TPSA) is 82.7 Å². The molecule has 3 rings (SSSR count). The van der Waals surface area contributed by atoms with E-state index in [-0.39, 0.29) is 11.9 Å². The van der Waals surface area contributed by atoms with E-state index in [1.165, 1.54) is 6.20 Å². The van der Waals surface area contributed by atoms with Crippen LogP contribution in [0.25, 0.3) is 11.2 Å². The number of nitrogens with zero attached hydrogens (tertiary/aromatic N) is 2. The SMILES string of the molecule is CCCCC(C)NC(=O)c1cnc2nc(Nc3c(Cl)cccc3Cl)[nH]c2c1. The molecule has 0 aliphatic rings. The van der Waals surface area contributed by atoms with E-state index in [4.69, 9.17) is 23.2 Å². The van der Waals surface area contributed by atoms with Crippen LogP contribution in [-0.2, 0) is 0 Å². The van der Waals surface area contributed by atoms with Gasteiger partial charge in [0, 0.05) is 12.2 Å². The van der Waals surface area contributed by atoms with Crippen molar-refractivity contribution in [2.75, 3.05) is 5.32 Å². The Balaban J connectivity index is 1.78. The molecule has 0 aliphatic heterocycles. The number of benzene rings is 1. The fraction of sp³-hybridized carbons (Fsp3) is 0.316. The molecule has 2 aromatic heterocycles. The zero-order valence-electron chi connectivity index (χ0n) is 15.1. The van der Waals surface area contributed by atoms with E-state index in [0.717, 1.165) is 19.3 Å². The van der Waals surface area contributed by atoms with Crippen molar-refractivity contribution in [3.8, 4) is 0 Å². The average molecular weight is 406 g/mol. The smallest absolute Gasteiger partial charge is 0.253 e. The third-order valence-corrected chi connectivity index (χ3v) is 4.80. The Bertz CT molecular complexity index is 936. The number of carbonyl (C=O) groups is 1. The van der Waals surface area contributed by atoms with Gasteiger partial charge < -0.3 is 15.6 Å². The molecule has 0 saturated heterocycles. The van der Waals surface area contributed by atoms with Gasteiger partial charge in [-0.1, -0.05) is 49.0 Å². The van der Waals surface area contributed by atoms with Crippen molar-refractivity contribution < 1.29 is 4.79 Å². The molecule has 2 heterocycles. The highest BCUT2D eigenvalue weighted by Gasteiger charge is 2.13. The second-order valence-electron chi connectivity index (χ2n) is 6.42. The molecule has 1 amide bonds. The molecule has 3 aromatic rings. The summed E-state index contributed by atoms with van der Waals surface area (Å²) < 4.78 is 0. The summed E-state index contributed by atoms with van der Waals surface area (Å²) in [6.07, 6.45) is 4.66. The minimum Gasteiger partial charge on any atom is -0.350 e. The standard InChI is InChI=1S/C19H21Cl2N5O/c1-3-4-6-11(2)23-18(27)12-9-15-17(22-10-12)26-19(24-15)25-16-13(20)7-5-8-14(16)21/h5,7-11H,3-4,6H2,1-2H3,(H,23,27)(H2,22,24,25,26). The number of anilines is 2. The fourth-order valence-corrected chi connectivity index (χ4v) is 3.20. The maximum Gasteiger partial charge on any atom is 0.253 e. The Labute approximate surface area is 167 Å². The van der Waals surface area contributed by atoms with E-state index in [9.17, 15) is 4.79 Å². The molecule has 0 saturated carbocycles. The van der Waals surface area contributed by atoms with E-state index in [1.54, 1.807) is 24.3 Å². The molecule has 0 radical (unpaired) electrons. The van der Waals surface area contributed by atoms with Crippen LogP contribution in [0.4, 0.5) is 11.6 Å². The highest BCUT2D eigenvalue weighted by molar-refractivity contribution is 6.39. The number of hydrogen-bond acceptors (Lipinski definition) is 4. The number of carbonyl (C=O) groups excluding carboxylic acids is 1. The molecule has 1 aromatic carbocycles. The van der Waals surface area contributed by atoms with Crippen molar-refractivity contribution in [1.29, 1.82) is 0 Å². The molecule has 8 heteroatoms. The Kier molecular flexibility index (Phi) is 6.19. The minimum atomic E-state index is -0.147. The van der Waals surface area contributed by atoms with Gasteiger partial charge in [-0.15, -0.1) is 0 Å². The summed E-state index contributed by atoms with van der Waals surface area (Å²) in [5.41, 5.74) is 2.19. The number of rotatable bonds is 7. The predicted octanol–water partition coefficient (Wildman–Crippen LogP) is 5.32. The second kappa shape index (κ2) is 8.59.